The second kappa shape index (κ2) is 9.27. The minimum Gasteiger partial charge on any atom is -0.351 e. The van der Waals surface area contributed by atoms with Crippen LogP contribution in [0.15, 0.2) is 53.3 Å². The van der Waals surface area contributed by atoms with E-state index in [-0.39, 0.29) is 11.5 Å². The number of nitrogens with one attached hydrogen (secondary N) is 1. The fourth-order valence-corrected chi connectivity index (χ4v) is 4.48. The van der Waals surface area contributed by atoms with Gasteiger partial charge in [0.05, 0.1) is 10.9 Å². The zero-order valence-corrected chi connectivity index (χ0v) is 17.2. The van der Waals surface area contributed by atoms with E-state index in [9.17, 15) is 9.59 Å². The number of carbonyl (C=O) groups is 1. The van der Waals surface area contributed by atoms with Crippen molar-refractivity contribution in [1.82, 2.24) is 14.9 Å². The van der Waals surface area contributed by atoms with Gasteiger partial charge in [-0.15, -0.1) is 0 Å². The third-order valence-electron chi connectivity index (χ3n) is 5.22. The molecule has 0 atom stereocenters. The molecule has 0 aliphatic carbocycles. The molecule has 0 fully saturated rings. The molecule has 1 aliphatic rings. The van der Waals surface area contributed by atoms with Gasteiger partial charge in [-0.05, 0) is 36.6 Å². The predicted octanol–water partition coefficient (Wildman–Crippen LogP) is 3.79. The smallest absolute Gasteiger partial charge is 0.261 e. The molecule has 150 valence electrons. The Bertz CT molecular complexity index is 1060. The molecule has 5 nitrogen and oxygen atoms in total. The molecule has 1 N–H and O–H groups in total. The van der Waals surface area contributed by atoms with Gasteiger partial charge in [0, 0.05) is 36.6 Å². The Labute approximate surface area is 174 Å². The summed E-state index contributed by atoms with van der Waals surface area (Å²) in [7, 11) is 0. The van der Waals surface area contributed by atoms with E-state index in [0.29, 0.717) is 23.0 Å². The maximum atomic E-state index is 12.8. The maximum absolute atomic E-state index is 12.8. The fraction of sp³-hybridized carbons (Fsp3) is 0.348. The molecule has 4 rings (SSSR count). The predicted molar refractivity (Wildman–Crippen MR) is 118 cm³/mol. The molecule has 0 saturated carbocycles. The minimum atomic E-state index is -0.121. The number of aryl methyl sites for hydroxylation is 1. The van der Waals surface area contributed by atoms with Gasteiger partial charge in [-0.1, -0.05) is 36.8 Å². The molecule has 0 unspecified atom stereocenters. The molecule has 0 saturated heterocycles. The Hall–Kier alpha value is -2.60. The van der Waals surface area contributed by atoms with Crippen LogP contribution in [0, 0.1) is 0 Å². The standard InChI is InChI=1S/C23H25N3O2S/c27-22(24-12-14-29-16-17-7-3-1-4-8-17)18-10-11-19-20(15-18)25-21-9-5-2-6-13-26(21)23(19)28/h1,3-4,7-8,10-11,15H,2,5-6,9,12-14,16H2,(H,24,27). The van der Waals surface area contributed by atoms with E-state index in [2.05, 4.69) is 17.4 Å². The van der Waals surface area contributed by atoms with Crippen LogP contribution in [-0.4, -0.2) is 27.8 Å². The Balaban J connectivity index is 1.39. The van der Waals surface area contributed by atoms with Gasteiger partial charge in [0.25, 0.3) is 11.5 Å². The van der Waals surface area contributed by atoms with Crippen LogP contribution in [0.3, 0.4) is 0 Å². The van der Waals surface area contributed by atoms with Crippen LogP contribution in [-0.2, 0) is 18.7 Å². The number of thioether (sulfide) groups is 1. The minimum absolute atomic E-state index is 0.0103. The summed E-state index contributed by atoms with van der Waals surface area (Å²) >= 11 is 1.79. The lowest BCUT2D eigenvalue weighted by Crippen LogP contribution is -2.27. The van der Waals surface area contributed by atoms with E-state index in [4.69, 9.17) is 4.98 Å². The average Bonchev–Trinajstić information content (AvgIpc) is 2.99. The number of aromatic nitrogens is 2. The van der Waals surface area contributed by atoms with Gasteiger partial charge in [0.1, 0.15) is 5.82 Å². The van der Waals surface area contributed by atoms with Crippen LogP contribution in [0.5, 0.6) is 0 Å². The van der Waals surface area contributed by atoms with Gasteiger partial charge in [0.2, 0.25) is 0 Å². The number of hydrogen-bond acceptors (Lipinski definition) is 4. The van der Waals surface area contributed by atoms with Crippen LogP contribution in [0.4, 0.5) is 0 Å². The van der Waals surface area contributed by atoms with Crippen molar-refractivity contribution in [2.75, 3.05) is 12.3 Å². The monoisotopic (exact) mass is 407 g/mol. The molecule has 1 aliphatic heterocycles. The van der Waals surface area contributed by atoms with Gasteiger partial charge >= 0.3 is 0 Å². The van der Waals surface area contributed by atoms with Crippen LogP contribution in [0.1, 0.15) is 41.0 Å². The maximum Gasteiger partial charge on any atom is 0.261 e. The number of amides is 1. The van der Waals surface area contributed by atoms with Gasteiger partial charge in [0.15, 0.2) is 0 Å². The Morgan fingerprint density at radius 2 is 1.97 bits per heavy atom. The highest BCUT2D eigenvalue weighted by atomic mass is 32.2. The third-order valence-corrected chi connectivity index (χ3v) is 6.25. The van der Waals surface area contributed by atoms with Crippen molar-refractivity contribution in [3.63, 3.8) is 0 Å². The van der Waals surface area contributed by atoms with E-state index in [1.807, 2.05) is 18.2 Å². The molecule has 1 amide bonds. The van der Waals surface area contributed by atoms with Crippen molar-refractivity contribution in [2.45, 2.75) is 38.0 Å². The average molecular weight is 408 g/mol. The van der Waals surface area contributed by atoms with Crippen LogP contribution in [0.2, 0.25) is 0 Å². The summed E-state index contributed by atoms with van der Waals surface area (Å²) in [5.74, 6) is 2.51. The van der Waals surface area contributed by atoms with Crippen molar-refractivity contribution >= 4 is 28.6 Å². The first-order valence-electron chi connectivity index (χ1n) is 10.2. The lowest BCUT2D eigenvalue weighted by Gasteiger charge is -2.11. The Morgan fingerprint density at radius 3 is 2.83 bits per heavy atom. The Morgan fingerprint density at radius 1 is 1.10 bits per heavy atom. The largest absolute Gasteiger partial charge is 0.351 e. The topological polar surface area (TPSA) is 64.0 Å². The molecule has 2 heterocycles. The van der Waals surface area contributed by atoms with E-state index in [0.717, 1.165) is 49.6 Å². The van der Waals surface area contributed by atoms with Gasteiger partial charge in [-0.25, -0.2) is 4.98 Å². The van der Waals surface area contributed by atoms with Crippen molar-refractivity contribution in [3.05, 3.63) is 75.8 Å². The van der Waals surface area contributed by atoms with Crippen molar-refractivity contribution in [1.29, 1.82) is 0 Å². The van der Waals surface area contributed by atoms with Gasteiger partial charge < -0.3 is 5.32 Å². The first-order chi connectivity index (χ1) is 14.2. The quantitative estimate of drug-likeness (QED) is 0.632. The number of rotatable bonds is 6. The first-order valence-corrected chi connectivity index (χ1v) is 11.3. The SMILES string of the molecule is O=C(NCCSCc1ccccc1)c1ccc2c(=O)n3c(nc2c1)CCCCC3. The lowest BCUT2D eigenvalue weighted by molar-refractivity contribution is 0.0956. The zero-order chi connectivity index (χ0) is 20.1. The highest BCUT2D eigenvalue weighted by molar-refractivity contribution is 7.98. The molecule has 3 aromatic rings. The summed E-state index contributed by atoms with van der Waals surface area (Å²) in [6, 6.07) is 15.5. The normalized spacial score (nSPS) is 13.7. The number of nitrogens with zero attached hydrogens (tertiary/aromatic N) is 2. The van der Waals surface area contributed by atoms with E-state index in [1.54, 1.807) is 34.5 Å². The van der Waals surface area contributed by atoms with Crippen LogP contribution in [0.25, 0.3) is 10.9 Å². The zero-order valence-electron chi connectivity index (χ0n) is 16.4. The number of hydrogen-bond donors (Lipinski definition) is 1. The highest BCUT2D eigenvalue weighted by Gasteiger charge is 2.15. The number of fused-ring (bicyclic) bond motifs is 2. The van der Waals surface area contributed by atoms with E-state index in [1.165, 1.54) is 5.56 Å². The molecule has 0 bridgehead atoms. The fourth-order valence-electron chi connectivity index (χ4n) is 3.66. The number of carbonyl (C=O) groups excluding carboxylic acids is 1. The van der Waals surface area contributed by atoms with E-state index >= 15 is 0 Å². The summed E-state index contributed by atoms with van der Waals surface area (Å²) in [6.45, 7) is 1.34. The summed E-state index contributed by atoms with van der Waals surface area (Å²) in [5, 5.41) is 3.55. The molecule has 0 radical (unpaired) electrons. The second-order valence-electron chi connectivity index (χ2n) is 7.32. The summed E-state index contributed by atoms with van der Waals surface area (Å²) < 4.78 is 1.80. The van der Waals surface area contributed by atoms with Crippen molar-refractivity contribution < 1.29 is 4.79 Å². The lowest BCUT2D eigenvalue weighted by atomic mass is 10.1. The second-order valence-corrected chi connectivity index (χ2v) is 8.43. The number of benzene rings is 2. The summed E-state index contributed by atoms with van der Waals surface area (Å²) in [5.41, 5.74) is 2.47. The highest BCUT2D eigenvalue weighted by Crippen LogP contribution is 2.16. The first kappa shape index (κ1) is 19.7. The Kier molecular flexibility index (Phi) is 6.30. The molecule has 2 aromatic carbocycles. The third kappa shape index (κ3) is 4.70. The van der Waals surface area contributed by atoms with Gasteiger partial charge in [-0.3, -0.25) is 14.2 Å². The van der Waals surface area contributed by atoms with E-state index < -0.39 is 0 Å². The van der Waals surface area contributed by atoms with Gasteiger partial charge in [-0.2, -0.15) is 11.8 Å². The molecular formula is C23H25N3O2S. The van der Waals surface area contributed by atoms with Crippen LogP contribution < -0.4 is 10.9 Å². The molecular weight excluding hydrogens is 382 g/mol. The molecule has 0 spiro atoms. The van der Waals surface area contributed by atoms with Crippen molar-refractivity contribution in [3.8, 4) is 0 Å². The summed E-state index contributed by atoms with van der Waals surface area (Å²) in [4.78, 5) is 30.0. The van der Waals surface area contributed by atoms with Crippen molar-refractivity contribution in [2.24, 2.45) is 0 Å². The molecule has 6 heteroatoms. The summed E-state index contributed by atoms with van der Waals surface area (Å²) in [6.07, 6.45) is 4.01. The molecule has 29 heavy (non-hydrogen) atoms. The van der Waals surface area contributed by atoms with Crippen LogP contribution >= 0.6 is 11.8 Å². The molecule has 1 aromatic heterocycles.